The topological polar surface area (TPSA) is 30.5 Å². The molecule has 3 nitrogen and oxygen atoms in total. The monoisotopic (exact) mass is 293 g/mol. The van der Waals surface area contributed by atoms with Gasteiger partial charge >= 0.3 is 0 Å². The molecule has 0 radical (unpaired) electrons. The maximum absolute atomic E-state index is 5.72. The van der Waals surface area contributed by atoms with E-state index in [1.807, 2.05) is 0 Å². The van der Waals surface area contributed by atoms with Gasteiger partial charge in [-0.15, -0.1) is 0 Å². The van der Waals surface area contributed by atoms with E-state index in [1.54, 1.807) is 7.11 Å². The summed E-state index contributed by atoms with van der Waals surface area (Å²) < 4.78 is 10.7. The van der Waals surface area contributed by atoms with Gasteiger partial charge in [-0.1, -0.05) is 36.8 Å². The zero-order valence-electron chi connectivity index (χ0n) is 13.9. The molecule has 1 aromatic carbocycles. The van der Waals surface area contributed by atoms with Gasteiger partial charge in [-0.05, 0) is 44.2 Å². The van der Waals surface area contributed by atoms with Crippen molar-refractivity contribution in [1.82, 2.24) is 5.32 Å². The van der Waals surface area contributed by atoms with Crippen molar-refractivity contribution in [3.05, 3.63) is 35.4 Å². The van der Waals surface area contributed by atoms with Gasteiger partial charge in [0.05, 0.1) is 0 Å². The number of rotatable bonds is 12. The lowest BCUT2D eigenvalue weighted by Crippen LogP contribution is -2.23. The molecule has 1 unspecified atom stereocenters. The molecule has 3 heteroatoms. The summed E-state index contributed by atoms with van der Waals surface area (Å²) in [6.45, 7) is 8.84. The summed E-state index contributed by atoms with van der Waals surface area (Å²) in [5.74, 6) is 0.527. The molecule has 120 valence electrons. The van der Waals surface area contributed by atoms with E-state index in [-0.39, 0.29) is 0 Å². The van der Waals surface area contributed by atoms with Gasteiger partial charge in [0.25, 0.3) is 0 Å². The van der Waals surface area contributed by atoms with Gasteiger partial charge in [-0.2, -0.15) is 0 Å². The predicted octanol–water partition coefficient (Wildman–Crippen LogP) is 3.52. The maximum atomic E-state index is 5.72. The molecular weight excluding hydrogens is 262 g/mol. The first-order valence-electron chi connectivity index (χ1n) is 8.12. The quantitative estimate of drug-likeness (QED) is 0.598. The van der Waals surface area contributed by atoms with E-state index in [9.17, 15) is 0 Å². The Morgan fingerprint density at radius 3 is 2.76 bits per heavy atom. The smallest absolute Gasteiger partial charge is 0.0487 e. The van der Waals surface area contributed by atoms with E-state index >= 15 is 0 Å². The van der Waals surface area contributed by atoms with Crippen LogP contribution in [0.15, 0.2) is 24.3 Å². The van der Waals surface area contributed by atoms with Crippen LogP contribution in [0.3, 0.4) is 0 Å². The molecule has 1 atom stereocenters. The second kappa shape index (κ2) is 11.7. The second-order valence-electron chi connectivity index (χ2n) is 5.56. The third-order valence-electron chi connectivity index (χ3n) is 3.58. The normalized spacial score (nSPS) is 12.5. The summed E-state index contributed by atoms with van der Waals surface area (Å²) in [5, 5.41) is 3.54. The minimum Gasteiger partial charge on any atom is -0.385 e. The first kappa shape index (κ1) is 18.1. The third kappa shape index (κ3) is 8.20. The number of hydrogen-bond donors (Lipinski definition) is 1. The van der Waals surface area contributed by atoms with Gasteiger partial charge in [0.15, 0.2) is 0 Å². The fraction of sp³-hybridized carbons (Fsp3) is 0.667. The molecule has 0 spiro atoms. The minimum absolute atomic E-state index is 0.527. The SMILES string of the molecule is CCCNCC(CCOCCCOC)c1cccc(C)c1. The number of methoxy groups -OCH3 is 1. The fourth-order valence-corrected chi connectivity index (χ4v) is 2.40. The molecule has 21 heavy (non-hydrogen) atoms. The van der Waals surface area contributed by atoms with Gasteiger partial charge in [0, 0.05) is 33.5 Å². The average molecular weight is 293 g/mol. The highest BCUT2D eigenvalue weighted by Crippen LogP contribution is 2.20. The lowest BCUT2D eigenvalue weighted by atomic mass is 9.94. The Bertz CT molecular complexity index is 368. The summed E-state index contributed by atoms with van der Waals surface area (Å²) in [4.78, 5) is 0. The Kier molecular flexibility index (Phi) is 10.1. The average Bonchev–Trinajstić information content (AvgIpc) is 2.49. The van der Waals surface area contributed by atoms with E-state index in [2.05, 4.69) is 43.4 Å². The molecule has 0 saturated heterocycles. The highest BCUT2D eigenvalue weighted by atomic mass is 16.5. The van der Waals surface area contributed by atoms with E-state index in [0.717, 1.165) is 45.8 Å². The van der Waals surface area contributed by atoms with Crippen LogP contribution >= 0.6 is 0 Å². The molecule has 0 bridgehead atoms. The summed E-state index contributed by atoms with van der Waals surface area (Å²) in [5.41, 5.74) is 2.74. The standard InChI is InChI=1S/C18H31NO2/c1-4-10-19-15-18(9-13-21-12-6-11-20-3)17-8-5-7-16(2)14-17/h5,7-8,14,18-19H,4,6,9-13,15H2,1-3H3. The van der Waals surface area contributed by atoms with Gasteiger partial charge < -0.3 is 14.8 Å². The van der Waals surface area contributed by atoms with Gasteiger partial charge in [0.1, 0.15) is 0 Å². The first-order chi connectivity index (χ1) is 10.3. The van der Waals surface area contributed by atoms with Crippen molar-refractivity contribution in [3.63, 3.8) is 0 Å². The van der Waals surface area contributed by atoms with Crippen molar-refractivity contribution in [2.24, 2.45) is 0 Å². The van der Waals surface area contributed by atoms with Crippen LogP contribution < -0.4 is 5.32 Å². The summed E-state index contributed by atoms with van der Waals surface area (Å²) in [6, 6.07) is 8.83. The Labute approximate surface area is 130 Å². The second-order valence-corrected chi connectivity index (χ2v) is 5.56. The Hall–Kier alpha value is -0.900. The largest absolute Gasteiger partial charge is 0.385 e. The maximum Gasteiger partial charge on any atom is 0.0487 e. The van der Waals surface area contributed by atoms with Crippen LogP contribution in [0.5, 0.6) is 0 Å². The molecule has 0 heterocycles. The van der Waals surface area contributed by atoms with Crippen LogP contribution in [0.4, 0.5) is 0 Å². The zero-order chi connectivity index (χ0) is 15.3. The molecule has 0 aromatic heterocycles. The molecule has 1 rings (SSSR count). The van der Waals surface area contributed by atoms with Crippen molar-refractivity contribution in [2.75, 3.05) is 40.0 Å². The summed E-state index contributed by atoms with van der Waals surface area (Å²) in [6.07, 6.45) is 3.21. The number of aryl methyl sites for hydroxylation is 1. The number of nitrogens with one attached hydrogen (secondary N) is 1. The summed E-state index contributed by atoms with van der Waals surface area (Å²) in [7, 11) is 1.73. The van der Waals surface area contributed by atoms with E-state index in [1.165, 1.54) is 17.5 Å². The van der Waals surface area contributed by atoms with Crippen molar-refractivity contribution in [2.45, 2.75) is 39.0 Å². The number of ether oxygens (including phenoxy) is 2. The lowest BCUT2D eigenvalue weighted by molar-refractivity contribution is 0.0980. The van der Waals surface area contributed by atoms with Crippen LogP contribution in [0, 0.1) is 6.92 Å². The van der Waals surface area contributed by atoms with Crippen molar-refractivity contribution in [3.8, 4) is 0 Å². The highest BCUT2D eigenvalue weighted by molar-refractivity contribution is 5.25. The predicted molar refractivity (Wildman–Crippen MR) is 89.0 cm³/mol. The van der Waals surface area contributed by atoms with Crippen molar-refractivity contribution < 1.29 is 9.47 Å². The Morgan fingerprint density at radius 1 is 1.19 bits per heavy atom. The van der Waals surface area contributed by atoms with Crippen LogP contribution in [0.25, 0.3) is 0 Å². The lowest BCUT2D eigenvalue weighted by Gasteiger charge is -2.19. The third-order valence-corrected chi connectivity index (χ3v) is 3.58. The van der Waals surface area contributed by atoms with E-state index in [4.69, 9.17) is 9.47 Å². The molecule has 0 aliphatic rings. The van der Waals surface area contributed by atoms with Crippen molar-refractivity contribution >= 4 is 0 Å². The molecule has 0 aliphatic carbocycles. The molecule has 0 amide bonds. The van der Waals surface area contributed by atoms with Gasteiger partial charge in [-0.3, -0.25) is 0 Å². The molecule has 1 N–H and O–H groups in total. The van der Waals surface area contributed by atoms with Crippen LogP contribution in [0.1, 0.15) is 43.2 Å². The molecule has 0 fully saturated rings. The van der Waals surface area contributed by atoms with E-state index < -0.39 is 0 Å². The van der Waals surface area contributed by atoms with Crippen LogP contribution in [-0.2, 0) is 9.47 Å². The van der Waals surface area contributed by atoms with Gasteiger partial charge in [0.2, 0.25) is 0 Å². The molecule has 0 aliphatic heterocycles. The highest BCUT2D eigenvalue weighted by Gasteiger charge is 2.11. The Balaban J connectivity index is 2.41. The first-order valence-corrected chi connectivity index (χ1v) is 8.12. The van der Waals surface area contributed by atoms with E-state index in [0.29, 0.717) is 5.92 Å². The molecule has 0 saturated carbocycles. The minimum atomic E-state index is 0.527. The van der Waals surface area contributed by atoms with Crippen LogP contribution in [0.2, 0.25) is 0 Å². The number of hydrogen-bond acceptors (Lipinski definition) is 3. The van der Waals surface area contributed by atoms with Crippen LogP contribution in [-0.4, -0.2) is 40.0 Å². The van der Waals surface area contributed by atoms with Crippen molar-refractivity contribution in [1.29, 1.82) is 0 Å². The summed E-state index contributed by atoms with van der Waals surface area (Å²) >= 11 is 0. The van der Waals surface area contributed by atoms with Gasteiger partial charge in [-0.25, -0.2) is 0 Å². The molecule has 1 aromatic rings. The molecular formula is C18H31NO2. The zero-order valence-corrected chi connectivity index (χ0v) is 13.9. The number of benzene rings is 1. The fourth-order valence-electron chi connectivity index (χ4n) is 2.40. The Morgan fingerprint density at radius 2 is 2.05 bits per heavy atom.